The SMILES string of the molecule is C=C(C)[C@H]1C(=O)c2c3c(cc4c5c(n1c24)[C@@]1(C)C(CC[C@H]2[C@](C)(/C=C/C=C/C(=O)O)[C@@H](O)CC[C@@]21C)C5)C1=CC(C)(C)OC(C)(C)C1[C@@H]3O. The fourth-order valence-electron chi connectivity index (χ4n) is 12.5. The van der Waals surface area contributed by atoms with Gasteiger partial charge in [-0.2, -0.15) is 0 Å². The van der Waals surface area contributed by atoms with E-state index in [2.05, 4.69) is 57.9 Å². The second kappa shape index (κ2) is 9.95. The van der Waals surface area contributed by atoms with E-state index in [0.717, 1.165) is 64.9 Å². The Morgan fingerprint density at radius 3 is 2.45 bits per heavy atom. The minimum Gasteiger partial charge on any atom is -0.478 e. The molecule has 2 aromatic rings. The molecule has 3 N–H and O–H groups in total. The van der Waals surface area contributed by atoms with Crippen molar-refractivity contribution in [2.24, 2.45) is 28.6 Å². The third-order valence-corrected chi connectivity index (χ3v) is 14.4. The number of ketones is 1. The van der Waals surface area contributed by atoms with E-state index in [1.54, 1.807) is 12.2 Å². The quantitative estimate of drug-likeness (QED) is 0.175. The van der Waals surface area contributed by atoms with Crippen LogP contribution in [0, 0.1) is 28.6 Å². The number of carbonyl (C=O) groups is 2. The Morgan fingerprint density at radius 2 is 1.78 bits per heavy atom. The summed E-state index contributed by atoms with van der Waals surface area (Å²) in [6.45, 7) is 21.5. The van der Waals surface area contributed by atoms with Crippen molar-refractivity contribution in [2.75, 3.05) is 0 Å². The Bertz CT molecular complexity index is 1970. The van der Waals surface area contributed by atoms with E-state index in [0.29, 0.717) is 17.9 Å². The van der Waals surface area contributed by atoms with Gasteiger partial charge in [0.2, 0.25) is 0 Å². The number of rotatable bonds is 4. The zero-order valence-electron chi connectivity index (χ0n) is 30.2. The van der Waals surface area contributed by atoms with E-state index in [-0.39, 0.29) is 28.4 Å². The van der Waals surface area contributed by atoms with Gasteiger partial charge in [-0.3, -0.25) is 4.79 Å². The summed E-state index contributed by atoms with van der Waals surface area (Å²) in [5.74, 6) is -0.741. The van der Waals surface area contributed by atoms with Crippen molar-refractivity contribution in [3.05, 3.63) is 76.5 Å². The maximum Gasteiger partial charge on any atom is 0.328 e. The number of benzene rings is 1. The number of ether oxygens (including phenoxy) is 1. The Morgan fingerprint density at radius 1 is 1.06 bits per heavy atom. The number of aliphatic carboxylic acids is 1. The van der Waals surface area contributed by atoms with Gasteiger partial charge in [0.05, 0.1) is 34.5 Å². The van der Waals surface area contributed by atoms with E-state index < -0.39 is 40.8 Å². The fraction of sp³-hybridized carbons (Fsp3) is 0.571. The number of aliphatic hydroxyl groups excluding tert-OH is 2. The number of fused-ring (bicyclic) bond motifs is 11. The van der Waals surface area contributed by atoms with Gasteiger partial charge >= 0.3 is 5.97 Å². The number of aromatic nitrogens is 1. The van der Waals surface area contributed by atoms with Crippen LogP contribution >= 0.6 is 0 Å². The lowest BCUT2D eigenvalue weighted by molar-refractivity contribution is -0.144. The molecule has 7 heteroatoms. The van der Waals surface area contributed by atoms with E-state index in [4.69, 9.17) is 9.84 Å². The van der Waals surface area contributed by atoms with Crippen LogP contribution in [0.1, 0.15) is 126 Å². The second-order valence-electron chi connectivity index (χ2n) is 17.9. The van der Waals surface area contributed by atoms with Crippen molar-refractivity contribution >= 4 is 28.2 Å². The number of carboxylic acid groups (broad SMARTS) is 1. The highest BCUT2D eigenvalue weighted by atomic mass is 16.5. The molecule has 0 spiro atoms. The minimum atomic E-state index is -0.996. The maximum atomic E-state index is 14.8. The third-order valence-electron chi connectivity index (χ3n) is 14.4. The van der Waals surface area contributed by atoms with Gasteiger partial charge in [-0.05, 0) is 113 Å². The van der Waals surface area contributed by atoms with Crippen LogP contribution in [0.15, 0.2) is 48.6 Å². The molecule has 0 saturated heterocycles. The summed E-state index contributed by atoms with van der Waals surface area (Å²) in [7, 11) is 0. The fourth-order valence-corrected chi connectivity index (χ4v) is 12.5. The molecule has 1 aromatic carbocycles. The predicted molar refractivity (Wildman–Crippen MR) is 190 cm³/mol. The number of hydrogen-bond acceptors (Lipinski definition) is 5. The highest BCUT2D eigenvalue weighted by Crippen LogP contribution is 2.71. The first-order valence-electron chi connectivity index (χ1n) is 18.1. The summed E-state index contributed by atoms with van der Waals surface area (Å²) in [6.07, 6.45) is 11.7. The summed E-state index contributed by atoms with van der Waals surface area (Å²) < 4.78 is 8.85. The molecule has 2 unspecified atom stereocenters. The first kappa shape index (κ1) is 32.9. The van der Waals surface area contributed by atoms with Gasteiger partial charge in [0.1, 0.15) is 6.04 Å². The van der Waals surface area contributed by atoms with Crippen LogP contribution in [0.2, 0.25) is 0 Å². The van der Waals surface area contributed by atoms with Crippen LogP contribution in [-0.4, -0.2) is 48.9 Å². The Kier molecular flexibility index (Phi) is 6.69. The first-order valence-corrected chi connectivity index (χ1v) is 18.1. The Hall–Kier alpha value is -3.26. The Labute approximate surface area is 289 Å². The van der Waals surface area contributed by atoms with Crippen molar-refractivity contribution in [2.45, 2.75) is 122 Å². The summed E-state index contributed by atoms with van der Waals surface area (Å²) in [5, 5.41) is 34.0. The number of hydrogen-bond donors (Lipinski definition) is 3. The highest BCUT2D eigenvalue weighted by Gasteiger charge is 2.67. The molecule has 0 radical (unpaired) electrons. The van der Waals surface area contributed by atoms with Crippen LogP contribution < -0.4 is 0 Å². The molecule has 9 atom stereocenters. The minimum absolute atomic E-state index is 0.0186. The molecule has 1 aromatic heterocycles. The molecule has 8 rings (SSSR count). The largest absolute Gasteiger partial charge is 0.478 e. The number of allylic oxidation sites excluding steroid dienone is 3. The average Bonchev–Trinajstić information content (AvgIpc) is 3.66. The van der Waals surface area contributed by atoms with Crippen molar-refractivity contribution in [1.29, 1.82) is 0 Å². The number of carboxylic acids is 1. The molecule has 260 valence electrons. The number of nitrogens with zero attached hydrogens (tertiary/aromatic N) is 1. The molecule has 49 heavy (non-hydrogen) atoms. The predicted octanol–water partition coefficient (Wildman–Crippen LogP) is 7.79. The normalized spacial score (nSPS) is 39.6. The maximum absolute atomic E-state index is 14.8. The molecular formula is C42H51NO6. The molecular weight excluding hydrogens is 614 g/mol. The zero-order valence-corrected chi connectivity index (χ0v) is 30.2. The van der Waals surface area contributed by atoms with Gasteiger partial charge in [-0.1, -0.05) is 51.2 Å². The lowest BCUT2D eigenvalue weighted by Gasteiger charge is -2.64. The topological polar surface area (TPSA) is 109 Å². The number of aliphatic hydroxyl groups is 2. The summed E-state index contributed by atoms with van der Waals surface area (Å²) in [6, 6.07) is 1.75. The van der Waals surface area contributed by atoms with E-state index in [1.165, 1.54) is 11.3 Å². The molecule has 4 aliphatic carbocycles. The van der Waals surface area contributed by atoms with E-state index >= 15 is 0 Å². The Balaban J connectivity index is 1.37. The van der Waals surface area contributed by atoms with Crippen LogP contribution in [0.5, 0.6) is 0 Å². The second-order valence-corrected chi connectivity index (χ2v) is 17.9. The van der Waals surface area contributed by atoms with Crippen LogP contribution in [0.25, 0.3) is 16.5 Å². The van der Waals surface area contributed by atoms with Crippen molar-refractivity contribution in [3.63, 3.8) is 0 Å². The summed E-state index contributed by atoms with van der Waals surface area (Å²) in [5.41, 5.74) is 5.56. The molecule has 7 nitrogen and oxygen atoms in total. The van der Waals surface area contributed by atoms with Crippen molar-refractivity contribution in [1.82, 2.24) is 4.57 Å². The van der Waals surface area contributed by atoms with Crippen LogP contribution in [0.4, 0.5) is 0 Å². The molecule has 6 aliphatic rings. The number of carbonyl (C=O) groups excluding carboxylic acids is 1. The van der Waals surface area contributed by atoms with Crippen molar-refractivity contribution < 1.29 is 29.6 Å². The van der Waals surface area contributed by atoms with Gasteiger partial charge in [0.15, 0.2) is 5.78 Å². The van der Waals surface area contributed by atoms with Crippen molar-refractivity contribution in [3.8, 4) is 0 Å². The summed E-state index contributed by atoms with van der Waals surface area (Å²) >= 11 is 0. The van der Waals surface area contributed by atoms with Crippen LogP contribution in [-0.2, 0) is 21.4 Å². The molecule has 3 heterocycles. The lowest BCUT2D eigenvalue weighted by atomic mass is 9.40. The molecule has 2 saturated carbocycles. The monoisotopic (exact) mass is 665 g/mol. The molecule has 0 amide bonds. The standard InChI is InChI=1S/C42H51NO6/c1-21(2)33-36(48)31-30-23(26-20-38(3,4)49-39(5,6)32(26)35(30)47)19-24-25-18-22-13-14-27-40(7,16-11-10-12-29(45)46)28(44)15-17-41(27,8)42(22,9)37(25)43(33)34(24)31/h10-12,16,19-20,22,27-28,32-33,35,44,47H,1,13-15,17-18H2,2-9H3,(H,45,46)/b12-10+,16-11+/t22?,27-,28-,32?,33-,35+,40-,41-,42+/m0/s1. The molecule has 0 bridgehead atoms. The number of Topliss-reactive ketones (excluding diaryl/α,β-unsaturated/α-hetero) is 1. The van der Waals surface area contributed by atoms with Gasteiger partial charge in [-0.25, -0.2) is 4.79 Å². The van der Waals surface area contributed by atoms with Gasteiger partial charge < -0.3 is 24.6 Å². The first-order chi connectivity index (χ1) is 22.8. The lowest BCUT2D eigenvalue weighted by Crippen LogP contribution is -2.62. The molecule has 2 fully saturated rings. The van der Waals surface area contributed by atoms with Gasteiger partial charge in [-0.15, -0.1) is 0 Å². The highest BCUT2D eigenvalue weighted by molar-refractivity contribution is 6.18. The van der Waals surface area contributed by atoms with Crippen LogP contribution in [0.3, 0.4) is 0 Å². The zero-order chi connectivity index (χ0) is 35.4. The smallest absolute Gasteiger partial charge is 0.328 e. The van der Waals surface area contributed by atoms with Gasteiger partial charge in [0.25, 0.3) is 0 Å². The van der Waals surface area contributed by atoms with E-state index in [1.807, 2.05) is 26.8 Å². The summed E-state index contributed by atoms with van der Waals surface area (Å²) in [4.78, 5) is 26.0. The molecule has 2 aliphatic heterocycles. The average molecular weight is 666 g/mol. The third kappa shape index (κ3) is 3.96. The van der Waals surface area contributed by atoms with Gasteiger partial charge in [0, 0.05) is 39.5 Å². The van der Waals surface area contributed by atoms with E-state index in [9.17, 15) is 19.8 Å².